The molecule has 2 aromatic carbocycles. The van der Waals surface area contributed by atoms with Gasteiger partial charge in [-0.2, -0.15) is 10.4 Å². The highest BCUT2D eigenvalue weighted by Crippen LogP contribution is 2.42. The summed E-state index contributed by atoms with van der Waals surface area (Å²) in [6, 6.07) is 18.3. The van der Waals surface area contributed by atoms with Gasteiger partial charge in [0.15, 0.2) is 5.65 Å². The van der Waals surface area contributed by atoms with Crippen LogP contribution in [0.15, 0.2) is 60.0 Å². The molecule has 1 aliphatic rings. The maximum Gasteiger partial charge on any atom is 0.182 e. The number of piperidine rings is 1. The Bertz CT molecular complexity index is 1600. The predicted octanol–water partition coefficient (Wildman–Crippen LogP) is 7.15. The van der Waals surface area contributed by atoms with Gasteiger partial charge < -0.3 is 10.0 Å². The summed E-state index contributed by atoms with van der Waals surface area (Å²) in [6.45, 7) is 2.08. The van der Waals surface area contributed by atoms with Crippen LogP contribution < -0.4 is 4.90 Å². The molecule has 6 nitrogen and oxygen atoms in total. The van der Waals surface area contributed by atoms with Crippen molar-refractivity contribution < 1.29 is 9.50 Å². The number of benzene rings is 2. The number of rotatable bonds is 4. The van der Waals surface area contributed by atoms with E-state index in [1.165, 1.54) is 31.4 Å². The van der Waals surface area contributed by atoms with Gasteiger partial charge in [-0.05, 0) is 60.5 Å². The number of hydrogen-bond acceptors (Lipinski definition) is 6. The van der Waals surface area contributed by atoms with Gasteiger partial charge in [-0.25, -0.2) is 9.37 Å². The first-order chi connectivity index (χ1) is 17.6. The average Bonchev–Trinajstić information content (AvgIpc) is 3.58. The summed E-state index contributed by atoms with van der Waals surface area (Å²) >= 11 is 1.56. The molecular formula is C28H23ClFN5OS. The molecule has 1 aliphatic heterocycles. The van der Waals surface area contributed by atoms with Gasteiger partial charge in [0.05, 0.1) is 27.2 Å². The van der Waals surface area contributed by atoms with Crippen LogP contribution in [0.5, 0.6) is 5.75 Å². The molecule has 4 heterocycles. The molecule has 0 unspecified atom stereocenters. The minimum Gasteiger partial charge on any atom is -0.508 e. The largest absolute Gasteiger partial charge is 0.508 e. The maximum absolute atomic E-state index is 14.9. The van der Waals surface area contributed by atoms with E-state index in [0.29, 0.717) is 11.2 Å². The molecule has 6 rings (SSSR count). The van der Waals surface area contributed by atoms with E-state index < -0.39 is 5.82 Å². The second-order valence-electron chi connectivity index (χ2n) is 8.86. The Kier molecular flexibility index (Phi) is 6.83. The molecule has 0 atom stereocenters. The first-order valence-electron chi connectivity index (χ1n) is 11.8. The number of fused-ring (bicyclic) bond motifs is 1. The van der Waals surface area contributed by atoms with Crippen molar-refractivity contribution in [2.45, 2.75) is 19.3 Å². The number of anilines is 1. The van der Waals surface area contributed by atoms with E-state index >= 15 is 0 Å². The quantitative estimate of drug-likeness (QED) is 0.257. The third-order valence-corrected chi connectivity index (χ3v) is 7.55. The molecule has 0 bridgehead atoms. The van der Waals surface area contributed by atoms with Crippen molar-refractivity contribution in [2.24, 2.45) is 0 Å². The fourth-order valence-corrected chi connectivity index (χ4v) is 5.66. The fourth-order valence-electron chi connectivity index (χ4n) is 4.93. The summed E-state index contributed by atoms with van der Waals surface area (Å²) in [7, 11) is 0. The number of nitriles is 1. The van der Waals surface area contributed by atoms with Crippen molar-refractivity contribution >= 4 is 40.5 Å². The van der Waals surface area contributed by atoms with Gasteiger partial charge in [-0.1, -0.05) is 18.2 Å². The van der Waals surface area contributed by atoms with Crippen LogP contribution in [-0.2, 0) is 0 Å². The molecule has 0 amide bonds. The lowest BCUT2D eigenvalue weighted by Crippen LogP contribution is -2.29. The third-order valence-electron chi connectivity index (χ3n) is 6.67. The lowest BCUT2D eigenvalue weighted by Gasteiger charge is -2.29. The fraction of sp³-hybridized carbons (Fsp3) is 0.179. The monoisotopic (exact) mass is 531 g/mol. The first-order valence-corrected chi connectivity index (χ1v) is 12.7. The zero-order valence-electron chi connectivity index (χ0n) is 19.7. The second-order valence-corrected chi connectivity index (χ2v) is 9.80. The zero-order valence-corrected chi connectivity index (χ0v) is 21.4. The summed E-state index contributed by atoms with van der Waals surface area (Å²) in [4.78, 5) is 7.98. The summed E-state index contributed by atoms with van der Waals surface area (Å²) < 4.78 is 14.9. The van der Waals surface area contributed by atoms with Crippen LogP contribution >= 0.6 is 23.7 Å². The van der Waals surface area contributed by atoms with Crippen LogP contribution in [0.4, 0.5) is 10.1 Å². The molecule has 3 aromatic heterocycles. The molecule has 1 fully saturated rings. The highest BCUT2D eigenvalue weighted by molar-refractivity contribution is 7.13. The van der Waals surface area contributed by atoms with E-state index in [0.717, 1.165) is 46.4 Å². The van der Waals surface area contributed by atoms with Crippen LogP contribution in [0.25, 0.3) is 44.0 Å². The molecule has 37 heavy (non-hydrogen) atoms. The molecular weight excluding hydrogens is 509 g/mol. The Morgan fingerprint density at radius 1 is 1.05 bits per heavy atom. The lowest BCUT2D eigenvalue weighted by molar-refractivity contribution is 0.469. The van der Waals surface area contributed by atoms with Crippen LogP contribution in [0.1, 0.15) is 24.8 Å². The average molecular weight is 532 g/mol. The van der Waals surface area contributed by atoms with E-state index in [1.54, 1.807) is 11.3 Å². The maximum atomic E-state index is 14.9. The minimum atomic E-state index is -0.654. The molecule has 0 aliphatic carbocycles. The molecule has 0 radical (unpaired) electrons. The Labute approximate surface area is 223 Å². The number of aromatic nitrogens is 3. The topological polar surface area (TPSA) is 88.8 Å². The van der Waals surface area contributed by atoms with Crippen LogP contribution in [-0.4, -0.2) is 33.4 Å². The summed E-state index contributed by atoms with van der Waals surface area (Å²) in [5, 5.41) is 30.3. The second kappa shape index (κ2) is 10.2. The number of hydrogen-bond donors (Lipinski definition) is 2. The van der Waals surface area contributed by atoms with E-state index in [4.69, 9.17) is 0 Å². The summed E-state index contributed by atoms with van der Waals surface area (Å²) in [5.74, 6) is -0.845. The highest BCUT2D eigenvalue weighted by atomic mass is 35.5. The number of halogens is 2. The van der Waals surface area contributed by atoms with Crippen molar-refractivity contribution in [3.05, 3.63) is 71.4 Å². The van der Waals surface area contributed by atoms with Crippen LogP contribution in [0, 0.1) is 17.1 Å². The Morgan fingerprint density at radius 3 is 2.51 bits per heavy atom. The number of nitrogens with one attached hydrogen (secondary N) is 1. The summed E-state index contributed by atoms with van der Waals surface area (Å²) in [5.41, 5.74) is 4.41. The van der Waals surface area contributed by atoms with Crippen molar-refractivity contribution in [1.82, 2.24) is 15.2 Å². The number of pyridine rings is 1. The van der Waals surface area contributed by atoms with Gasteiger partial charge in [-0.3, -0.25) is 5.10 Å². The third kappa shape index (κ3) is 4.41. The van der Waals surface area contributed by atoms with Gasteiger partial charge in [-0.15, -0.1) is 23.7 Å². The number of aromatic hydroxyl groups is 1. The normalized spacial score (nSPS) is 13.4. The molecule has 5 aromatic rings. The smallest absolute Gasteiger partial charge is 0.182 e. The van der Waals surface area contributed by atoms with Crippen LogP contribution in [0.2, 0.25) is 0 Å². The standard InChI is InChI=1S/C28H22FN5OS.ClH/c29-22-15-19(35)10-11-20(22)26-21(16-30)24(17-6-8-18(9-7-17)34-12-2-1-3-13-34)25-27(23-5-4-14-36-23)32-33-28(25)31-26;/h4-11,14-15,35H,1-3,12-13H2,(H,31,32,33);1H. The van der Waals surface area contributed by atoms with E-state index in [-0.39, 0.29) is 35.0 Å². The molecule has 186 valence electrons. The minimum absolute atomic E-state index is 0. The number of nitrogens with zero attached hydrogens (tertiary/aromatic N) is 4. The lowest BCUT2D eigenvalue weighted by atomic mass is 9.92. The van der Waals surface area contributed by atoms with Gasteiger partial charge >= 0.3 is 0 Å². The number of thiophene rings is 1. The number of phenols is 1. The van der Waals surface area contributed by atoms with Gasteiger partial charge in [0.25, 0.3) is 0 Å². The molecule has 1 saturated heterocycles. The molecule has 2 N–H and O–H groups in total. The van der Waals surface area contributed by atoms with Crippen molar-refractivity contribution in [2.75, 3.05) is 18.0 Å². The van der Waals surface area contributed by atoms with E-state index in [9.17, 15) is 14.8 Å². The molecule has 9 heteroatoms. The van der Waals surface area contributed by atoms with E-state index in [1.807, 2.05) is 29.6 Å². The Balaban J connectivity index is 0.00000280. The number of phenolic OH excluding ortho intramolecular Hbond substituents is 1. The zero-order chi connectivity index (χ0) is 24.6. The van der Waals surface area contributed by atoms with Crippen molar-refractivity contribution in [1.29, 1.82) is 5.26 Å². The summed E-state index contributed by atoms with van der Waals surface area (Å²) in [6.07, 6.45) is 3.63. The van der Waals surface area contributed by atoms with Gasteiger partial charge in [0.1, 0.15) is 17.6 Å². The van der Waals surface area contributed by atoms with Crippen molar-refractivity contribution in [3.8, 4) is 44.8 Å². The van der Waals surface area contributed by atoms with E-state index in [2.05, 4.69) is 38.3 Å². The number of aromatic amines is 1. The molecule has 0 spiro atoms. The first kappa shape index (κ1) is 24.8. The van der Waals surface area contributed by atoms with Gasteiger partial charge in [0, 0.05) is 36.0 Å². The SMILES string of the molecule is Cl.N#Cc1c(-c2ccc(O)cc2F)nc2n[nH]c(-c3cccs3)c2c1-c1ccc(N2CCCCC2)cc1. The van der Waals surface area contributed by atoms with Crippen molar-refractivity contribution in [3.63, 3.8) is 0 Å². The van der Waals surface area contributed by atoms with Crippen LogP contribution in [0.3, 0.4) is 0 Å². The number of H-pyrrole nitrogens is 1. The van der Waals surface area contributed by atoms with Gasteiger partial charge in [0.2, 0.25) is 0 Å². The Morgan fingerprint density at radius 2 is 1.84 bits per heavy atom. The Hall–Kier alpha value is -3.93. The predicted molar refractivity (Wildman–Crippen MR) is 148 cm³/mol. The highest BCUT2D eigenvalue weighted by Gasteiger charge is 2.25. The molecule has 0 saturated carbocycles.